The Labute approximate surface area is 117 Å². The Bertz CT molecular complexity index is 534. The van der Waals surface area contributed by atoms with Gasteiger partial charge >= 0.3 is 0 Å². The third-order valence-corrected chi connectivity index (χ3v) is 3.77. The maximum Gasteiger partial charge on any atom is 0.274 e. The van der Waals surface area contributed by atoms with Crippen LogP contribution in [0.5, 0.6) is 0 Å². The Morgan fingerprint density at radius 2 is 1.90 bits per heavy atom. The smallest absolute Gasteiger partial charge is 0.274 e. The van der Waals surface area contributed by atoms with Crippen LogP contribution < -0.4 is 0 Å². The van der Waals surface area contributed by atoms with Gasteiger partial charge in [0.05, 0.1) is 19.8 Å². The zero-order valence-corrected chi connectivity index (χ0v) is 11.5. The zero-order chi connectivity index (χ0) is 14.1. The second-order valence-electron chi connectivity index (χ2n) is 5.08. The summed E-state index contributed by atoms with van der Waals surface area (Å²) in [6.07, 6.45) is 1.80. The molecule has 1 aromatic rings. The number of rotatable bonds is 1. The first-order chi connectivity index (χ1) is 9.65. The van der Waals surface area contributed by atoms with Crippen LogP contribution in [0.2, 0.25) is 0 Å². The van der Waals surface area contributed by atoms with Crippen LogP contribution in [0.15, 0.2) is 6.20 Å². The van der Waals surface area contributed by atoms with Gasteiger partial charge in [0.25, 0.3) is 5.91 Å². The van der Waals surface area contributed by atoms with Gasteiger partial charge in [-0.25, -0.2) is 4.98 Å². The molecule has 1 saturated heterocycles. The van der Waals surface area contributed by atoms with Crippen LogP contribution in [0, 0.1) is 0 Å². The number of carbonyl (C=O) groups is 2. The fourth-order valence-electron chi connectivity index (χ4n) is 2.55. The summed E-state index contributed by atoms with van der Waals surface area (Å²) in [5, 5.41) is 0. The number of carbonyl (C=O) groups excluding carboxylic acids is 2. The average Bonchev–Trinajstić information content (AvgIpc) is 2.90. The molecule has 108 valence electrons. The Morgan fingerprint density at radius 3 is 2.60 bits per heavy atom. The molecule has 0 saturated carbocycles. The van der Waals surface area contributed by atoms with Gasteiger partial charge in [0.2, 0.25) is 5.91 Å². The van der Waals surface area contributed by atoms with Gasteiger partial charge in [-0.05, 0) is 0 Å². The molecular formula is C13H18N4O3. The first kappa shape index (κ1) is 13.1. The molecular weight excluding hydrogens is 260 g/mol. The summed E-state index contributed by atoms with van der Waals surface area (Å²) in [5.41, 5.74) is 0.465. The van der Waals surface area contributed by atoms with Crippen molar-refractivity contribution in [3.8, 4) is 0 Å². The number of nitrogens with zero attached hydrogens (tertiary/aromatic N) is 4. The van der Waals surface area contributed by atoms with Gasteiger partial charge in [0.15, 0.2) is 0 Å². The molecule has 3 heterocycles. The first-order valence-electron chi connectivity index (χ1n) is 6.84. The van der Waals surface area contributed by atoms with Crippen LogP contribution >= 0.6 is 0 Å². The van der Waals surface area contributed by atoms with Crippen molar-refractivity contribution >= 4 is 11.8 Å². The third-order valence-electron chi connectivity index (χ3n) is 3.77. The molecule has 0 bridgehead atoms. The van der Waals surface area contributed by atoms with Gasteiger partial charge in [-0.15, -0.1) is 0 Å². The molecule has 0 radical (unpaired) electrons. The number of hydrogen-bond donors (Lipinski definition) is 0. The number of imidazole rings is 1. The largest absolute Gasteiger partial charge is 0.378 e. The van der Waals surface area contributed by atoms with E-state index < -0.39 is 0 Å². The summed E-state index contributed by atoms with van der Waals surface area (Å²) in [5.74, 6) is 0.771. The SMILES string of the molecule is CC(=O)N1CCn2cc(C(=O)N3CCOCC3)nc2C1. The molecule has 0 spiro atoms. The van der Waals surface area contributed by atoms with Crippen LogP contribution in [0.25, 0.3) is 0 Å². The number of morpholine rings is 1. The van der Waals surface area contributed by atoms with Crippen molar-refractivity contribution in [1.82, 2.24) is 19.4 Å². The van der Waals surface area contributed by atoms with Crippen molar-refractivity contribution in [3.05, 3.63) is 17.7 Å². The molecule has 7 nitrogen and oxygen atoms in total. The maximum absolute atomic E-state index is 12.3. The molecule has 20 heavy (non-hydrogen) atoms. The second-order valence-corrected chi connectivity index (χ2v) is 5.08. The molecule has 0 aliphatic carbocycles. The fraction of sp³-hybridized carbons (Fsp3) is 0.615. The predicted octanol–water partition coefficient (Wildman–Crippen LogP) is -0.282. The van der Waals surface area contributed by atoms with Crippen LogP contribution in [-0.2, 0) is 22.6 Å². The van der Waals surface area contributed by atoms with Crippen molar-refractivity contribution in [1.29, 1.82) is 0 Å². The van der Waals surface area contributed by atoms with Gasteiger partial charge in [-0.3, -0.25) is 9.59 Å². The third kappa shape index (κ3) is 2.40. The van der Waals surface area contributed by atoms with E-state index in [-0.39, 0.29) is 11.8 Å². The monoisotopic (exact) mass is 278 g/mol. The minimum Gasteiger partial charge on any atom is -0.378 e. The molecule has 7 heteroatoms. The average molecular weight is 278 g/mol. The molecule has 1 fully saturated rings. The van der Waals surface area contributed by atoms with E-state index in [1.165, 1.54) is 0 Å². The first-order valence-corrected chi connectivity index (χ1v) is 6.84. The number of hydrogen-bond acceptors (Lipinski definition) is 4. The Kier molecular flexibility index (Phi) is 3.43. The number of aromatic nitrogens is 2. The van der Waals surface area contributed by atoms with Crippen molar-refractivity contribution in [2.24, 2.45) is 0 Å². The minimum absolute atomic E-state index is 0.0419. The highest BCUT2D eigenvalue weighted by Crippen LogP contribution is 2.14. The molecule has 0 atom stereocenters. The normalized spacial score (nSPS) is 18.9. The highest BCUT2D eigenvalue weighted by Gasteiger charge is 2.25. The molecule has 1 aromatic heterocycles. The lowest BCUT2D eigenvalue weighted by molar-refractivity contribution is -0.130. The highest BCUT2D eigenvalue weighted by molar-refractivity contribution is 5.92. The topological polar surface area (TPSA) is 67.7 Å². The molecule has 2 amide bonds. The predicted molar refractivity (Wildman–Crippen MR) is 70.0 cm³/mol. The lowest BCUT2D eigenvalue weighted by atomic mass is 10.3. The van der Waals surface area contributed by atoms with Crippen molar-refractivity contribution in [2.75, 3.05) is 32.8 Å². The van der Waals surface area contributed by atoms with Gasteiger partial charge in [0.1, 0.15) is 11.5 Å². The summed E-state index contributed by atoms with van der Waals surface area (Å²) in [7, 11) is 0. The van der Waals surface area contributed by atoms with E-state index in [9.17, 15) is 9.59 Å². The lowest BCUT2D eigenvalue weighted by Gasteiger charge is -2.26. The zero-order valence-electron chi connectivity index (χ0n) is 11.5. The van der Waals surface area contributed by atoms with Crippen molar-refractivity contribution in [3.63, 3.8) is 0 Å². The summed E-state index contributed by atoms with van der Waals surface area (Å²) in [6, 6.07) is 0. The summed E-state index contributed by atoms with van der Waals surface area (Å²) in [6.45, 7) is 5.78. The van der Waals surface area contributed by atoms with Gasteiger partial charge in [0, 0.05) is 39.3 Å². The van der Waals surface area contributed by atoms with E-state index >= 15 is 0 Å². The standard InChI is InChI=1S/C13H18N4O3/c1-10(18)16-2-3-17-8-11(14-12(17)9-16)13(19)15-4-6-20-7-5-15/h8H,2-7,9H2,1H3. The number of amides is 2. The molecule has 0 aromatic carbocycles. The summed E-state index contributed by atoms with van der Waals surface area (Å²) in [4.78, 5) is 31.6. The van der Waals surface area contributed by atoms with E-state index in [0.29, 0.717) is 51.6 Å². The minimum atomic E-state index is -0.0513. The maximum atomic E-state index is 12.3. The fourth-order valence-corrected chi connectivity index (χ4v) is 2.55. The second kappa shape index (κ2) is 5.24. The van der Waals surface area contributed by atoms with Gasteiger partial charge < -0.3 is 19.1 Å². The Balaban J connectivity index is 1.76. The lowest BCUT2D eigenvalue weighted by Crippen LogP contribution is -2.40. The molecule has 0 unspecified atom stereocenters. The van der Waals surface area contributed by atoms with Crippen molar-refractivity contribution in [2.45, 2.75) is 20.0 Å². The van der Waals surface area contributed by atoms with E-state index in [2.05, 4.69) is 4.98 Å². The molecule has 2 aliphatic heterocycles. The molecule has 0 N–H and O–H groups in total. The van der Waals surface area contributed by atoms with Crippen LogP contribution in [-0.4, -0.2) is 64.0 Å². The van der Waals surface area contributed by atoms with Crippen LogP contribution in [0.1, 0.15) is 23.2 Å². The Hall–Kier alpha value is -1.89. The highest BCUT2D eigenvalue weighted by atomic mass is 16.5. The molecule has 2 aliphatic rings. The summed E-state index contributed by atoms with van der Waals surface area (Å²) < 4.78 is 7.21. The Morgan fingerprint density at radius 1 is 1.15 bits per heavy atom. The van der Waals surface area contributed by atoms with E-state index in [4.69, 9.17) is 4.74 Å². The van der Waals surface area contributed by atoms with Crippen LogP contribution in [0.3, 0.4) is 0 Å². The summed E-state index contributed by atoms with van der Waals surface area (Å²) >= 11 is 0. The van der Waals surface area contributed by atoms with E-state index in [1.54, 1.807) is 22.9 Å². The number of ether oxygens (including phenoxy) is 1. The van der Waals surface area contributed by atoms with Gasteiger partial charge in [-0.2, -0.15) is 0 Å². The number of fused-ring (bicyclic) bond motifs is 1. The quantitative estimate of drug-likeness (QED) is 0.708. The molecule has 3 rings (SSSR count). The van der Waals surface area contributed by atoms with Crippen LogP contribution in [0.4, 0.5) is 0 Å². The van der Waals surface area contributed by atoms with Gasteiger partial charge in [-0.1, -0.05) is 0 Å². The van der Waals surface area contributed by atoms with E-state index in [0.717, 1.165) is 5.82 Å². The van der Waals surface area contributed by atoms with E-state index in [1.807, 2.05) is 4.57 Å². The van der Waals surface area contributed by atoms with Crippen molar-refractivity contribution < 1.29 is 14.3 Å².